The van der Waals surface area contributed by atoms with Gasteiger partial charge in [-0.15, -0.1) is 0 Å². The molecule has 1 aromatic rings. The second-order valence-electron chi connectivity index (χ2n) is 2.76. The molecular formula is C9H17N3O2. The van der Waals surface area contributed by atoms with Crippen LogP contribution in [0.5, 0.6) is 0 Å². The number of hydrogen-bond acceptors (Lipinski definition) is 3. The number of aromatic nitrogens is 2. The Hall–Kier alpha value is -1.36. The van der Waals surface area contributed by atoms with Crippen molar-refractivity contribution >= 4 is 5.97 Å². The largest absolute Gasteiger partial charge is 0.481 e. The Morgan fingerprint density at radius 1 is 1.71 bits per heavy atom. The molecule has 1 rings (SSSR count). The highest BCUT2D eigenvalue weighted by Crippen LogP contribution is 1.88. The number of carbonyl (C=O) groups is 1. The van der Waals surface area contributed by atoms with Gasteiger partial charge in [0.2, 0.25) is 0 Å². The van der Waals surface area contributed by atoms with Gasteiger partial charge in [0.1, 0.15) is 0 Å². The molecule has 5 heteroatoms. The van der Waals surface area contributed by atoms with Crippen molar-refractivity contribution in [3.8, 4) is 0 Å². The van der Waals surface area contributed by atoms with E-state index in [4.69, 9.17) is 10.8 Å². The minimum atomic E-state index is -0.711. The summed E-state index contributed by atoms with van der Waals surface area (Å²) in [6.07, 6.45) is 5.35. The number of imidazole rings is 1. The molecule has 0 bridgehead atoms. The van der Waals surface area contributed by atoms with Gasteiger partial charge in [0.25, 0.3) is 0 Å². The second kappa shape index (κ2) is 8.25. The number of nitrogens with zero attached hydrogens (tertiary/aromatic N) is 1. The fourth-order valence-corrected chi connectivity index (χ4v) is 0.791. The van der Waals surface area contributed by atoms with E-state index < -0.39 is 5.97 Å². The molecule has 14 heavy (non-hydrogen) atoms. The van der Waals surface area contributed by atoms with Crippen LogP contribution >= 0.6 is 0 Å². The van der Waals surface area contributed by atoms with Crippen LogP contribution in [-0.2, 0) is 11.2 Å². The van der Waals surface area contributed by atoms with Crippen LogP contribution in [0.15, 0.2) is 12.5 Å². The second-order valence-corrected chi connectivity index (χ2v) is 2.76. The van der Waals surface area contributed by atoms with E-state index in [1.165, 1.54) is 0 Å². The van der Waals surface area contributed by atoms with Gasteiger partial charge in [0, 0.05) is 24.7 Å². The Kier molecular flexibility index (Phi) is 7.45. The summed E-state index contributed by atoms with van der Waals surface area (Å²) in [7, 11) is 0. The summed E-state index contributed by atoms with van der Waals surface area (Å²) in [5.41, 5.74) is 6.38. The summed E-state index contributed by atoms with van der Waals surface area (Å²) in [6, 6.07) is 0. The third-order valence-electron chi connectivity index (χ3n) is 1.43. The van der Waals surface area contributed by atoms with Crippen LogP contribution in [0.2, 0.25) is 0 Å². The average molecular weight is 199 g/mol. The predicted molar refractivity (Wildman–Crippen MR) is 53.9 cm³/mol. The number of rotatable bonds is 4. The predicted octanol–water partition coefficient (Wildman–Crippen LogP) is 0.782. The van der Waals surface area contributed by atoms with Gasteiger partial charge in [-0.3, -0.25) is 4.79 Å². The molecule has 0 aliphatic heterocycles. The van der Waals surface area contributed by atoms with Crippen molar-refractivity contribution in [1.82, 2.24) is 9.97 Å². The summed E-state index contributed by atoms with van der Waals surface area (Å²) in [5, 5.41) is 7.91. The van der Waals surface area contributed by atoms with Crippen LogP contribution < -0.4 is 5.73 Å². The number of aliphatic carboxylic acids is 1. The lowest BCUT2D eigenvalue weighted by Gasteiger charge is -1.86. The van der Waals surface area contributed by atoms with Gasteiger partial charge in [-0.25, -0.2) is 4.98 Å². The lowest BCUT2D eigenvalue weighted by molar-refractivity contribution is -0.137. The maximum atomic E-state index is 9.60. The number of nitrogens with two attached hydrogens (primary N) is 1. The van der Waals surface area contributed by atoms with E-state index in [9.17, 15) is 4.79 Å². The minimum Gasteiger partial charge on any atom is -0.481 e. The molecular weight excluding hydrogens is 182 g/mol. The van der Waals surface area contributed by atoms with Crippen molar-refractivity contribution in [2.75, 3.05) is 6.54 Å². The molecule has 0 saturated carbocycles. The molecule has 1 heterocycles. The first-order valence-corrected chi connectivity index (χ1v) is 4.59. The maximum absolute atomic E-state index is 9.60. The van der Waals surface area contributed by atoms with Crippen LogP contribution in [0, 0.1) is 0 Å². The number of nitrogens with one attached hydrogen (secondary N) is 1. The monoisotopic (exact) mass is 199 g/mol. The molecule has 1 aromatic heterocycles. The quantitative estimate of drug-likeness (QED) is 0.668. The normalized spacial score (nSPS) is 9.00. The van der Waals surface area contributed by atoms with Crippen molar-refractivity contribution in [2.45, 2.75) is 26.2 Å². The standard InChI is InChI=1S/C5H9N3.C4H8O2/c6-2-1-5-3-7-4-8-5;1-2-3-4(5)6/h3-4H,1-2,6H2,(H,7,8);2-3H2,1H3,(H,5,6). The highest BCUT2D eigenvalue weighted by molar-refractivity contribution is 5.66. The molecule has 0 amide bonds. The molecule has 0 saturated heterocycles. The summed E-state index contributed by atoms with van der Waals surface area (Å²) >= 11 is 0. The van der Waals surface area contributed by atoms with Crippen LogP contribution in [0.25, 0.3) is 0 Å². The number of H-pyrrole nitrogens is 1. The van der Waals surface area contributed by atoms with E-state index in [1.807, 2.05) is 6.92 Å². The van der Waals surface area contributed by atoms with Gasteiger partial charge in [0.15, 0.2) is 0 Å². The fraction of sp³-hybridized carbons (Fsp3) is 0.556. The Morgan fingerprint density at radius 2 is 2.43 bits per heavy atom. The SMILES string of the molecule is CCCC(=O)O.NCCc1cnc[nH]1. The van der Waals surface area contributed by atoms with E-state index in [0.717, 1.165) is 18.5 Å². The van der Waals surface area contributed by atoms with Gasteiger partial charge >= 0.3 is 5.97 Å². The molecule has 0 unspecified atom stereocenters. The number of carboxylic acid groups (broad SMARTS) is 1. The highest BCUT2D eigenvalue weighted by atomic mass is 16.4. The number of hydrogen-bond donors (Lipinski definition) is 3. The van der Waals surface area contributed by atoms with Crippen LogP contribution in [-0.4, -0.2) is 27.6 Å². The zero-order chi connectivity index (χ0) is 10.8. The zero-order valence-electron chi connectivity index (χ0n) is 8.36. The smallest absolute Gasteiger partial charge is 0.303 e. The van der Waals surface area contributed by atoms with E-state index in [1.54, 1.807) is 12.5 Å². The topological polar surface area (TPSA) is 92.0 Å². The minimum absolute atomic E-state index is 0.292. The molecule has 0 atom stereocenters. The molecule has 0 fully saturated rings. The molecule has 0 radical (unpaired) electrons. The summed E-state index contributed by atoms with van der Waals surface area (Å²) < 4.78 is 0. The highest BCUT2D eigenvalue weighted by Gasteiger charge is 1.87. The molecule has 4 N–H and O–H groups in total. The number of carboxylic acids is 1. The molecule has 0 aliphatic carbocycles. The van der Waals surface area contributed by atoms with Crippen LogP contribution in [0.1, 0.15) is 25.5 Å². The maximum Gasteiger partial charge on any atom is 0.303 e. The van der Waals surface area contributed by atoms with Gasteiger partial charge in [-0.1, -0.05) is 6.92 Å². The van der Waals surface area contributed by atoms with E-state index in [2.05, 4.69) is 9.97 Å². The van der Waals surface area contributed by atoms with Crippen LogP contribution in [0.4, 0.5) is 0 Å². The van der Waals surface area contributed by atoms with Crippen molar-refractivity contribution in [3.63, 3.8) is 0 Å². The summed E-state index contributed by atoms with van der Waals surface area (Å²) in [6.45, 7) is 2.52. The Morgan fingerprint density at radius 3 is 2.71 bits per heavy atom. The summed E-state index contributed by atoms with van der Waals surface area (Å²) in [4.78, 5) is 16.4. The first-order valence-electron chi connectivity index (χ1n) is 4.59. The third-order valence-corrected chi connectivity index (χ3v) is 1.43. The van der Waals surface area contributed by atoms with E-state index in [0.29, 0.717) is 13.0 Å². The Bertz CT molecular complexity index is 234. The van der Waals surface area contributed by atoms with Gasteiger partial charge in [-0.2, -0.15) is 0 Å². The summed E-state index contributed by atoms with van der Waals surface area (Å²) in [5.74, 6) is -0.711. The van der Waals surface area contributed by atoms with Gasteiger partial charge in [-0.05, 0) is 13.0 Å². The lowest BCUT2D eigenvalue weighted by Crippen LogP contribution is -2.02. The van der Waals surface area contributed by atoms with E-state index in [-0.39, 0.29) is 0 Å². The first kappa shape index (κ1) is 12.6. The number of aromatic amines is 1. The first-order chi connectivity index (χ1) is 6.70. The van der Waals surface area contributed by atoms with Gasteiger partial charge in [0.05, 0.1) is 6.33 Å². The van der Waals surface area contributed by atoms with Crippen LogP contribution in [0.3, 0.4) is 0 Å². The Balaban J connectivity index is 0.000000255. The average Bonchev–Trinajstić information content (AvgIpc) is 2.58. The van der Waals surface area contributed by atoms with Crippen molar-refractivity contribution in [1.29, 1.82) is 0 Å². The molecule has 5 nitrogen and oxygen atoms in total. The fourth-order valence-electron chi connectivity index (χ4n) is 0.791. The zero-order valence-corrected chi connectivity index (χ0v) is 8.36. The molecule has 0 aliphatic rings. The van der Waals surface area contributed by atoms with Crippen molar-refractivity contribution < 1.29 is 9.90 Å². The molecule has 0 spiro atoms. The molecule has 80 valence electrons. The van der Waals surface area contributed by atoms with E-state index >= 15 is 0 Å². The Labute approximate surface area is 83.4 Å². The lowest BCUT2D eigenvalue weighted by atomic mass is 10.3. The third kappa shape index (κ3) is 7.30. The van der Waals surface area contributed by atoms with Crippen molar-refractivity contribution in [2.24, 2.45) is 5.73 Å². The van der Waals surface area contributed by atoms with Gasteiger partial charge < -0.3 is 15.8 Å². The molecule has 0 aromatic carbocycles. The van der Waals surface area contributed by atoms with Crippen molar-refractivity contribution in [3.05, 3.63) is 18.2 Å².